The van der Waals surface area contributed by atoms with E-state index in [1.165, 1.54) is 28.7 Å². The fourth-order valence-corrected chi connectivity index (χ4v) is 5.33. The molecule has 0 spiro atoms. The predicted octanol–water partition coefficient (Wildman–Crippen LogP) is 5.64. The van der Waals surface area contributed by atoms with Crippen LogP contribution in [0.5, 0.6) is 0 Å². The highest BCUT2D eigenvalue weighted by Gasteiger charge is 2.30. The summed E-state index contributed by atoms with van der Waals surface area (Å²) in [6.07, 6.45) is 4.78. The van der Waals surface area contributed by atoms with Crippen LogP contribution >= 0.6 is 34.7 Å². The van der Waals surface area contributed by atoms with E-state index in [4.69, 9.17) is 11.6 Å². The standard InChI is InChI=1S/C24H22ClN5OS2/c25-20-9-5-4-8-18(20)12-19-13-26-23(33-19)27-21(31)15-32-24-29-28-22(17-10-11-17)30(24)14-16-6-2-1-3-7-16/h1-9,13,17H,10-12,14-15H2,(H,26,27,31). The SMILES string of the molecule is O=C(CSc1nnc(C2CC2)n1Cc1ccccc1)Nc1ncc(Cc2ccccc2Cl)s1. The van der Waals surface area contributed by atoms with Gasteiger partial charge in [-0.15, -0.1) is 21.5 Å². The van der Waals surface area contributed by atoms with Crippen molar-refractivity contribution in [3.63, 3.8) is 0 Å². The predicted molar refractivity (Wildman–Crippen MR) is 133 cm³/mol. The fourth-order valence-electron chi connectivity index (χ4n) is 3.53. The van der Waals surface area contributed by atoms with E-state index in [0.717, 1.165) is 39.3 Å². The normalized spacial score (nSPS) is 13.2. The molecule has 1 amide bonds. The van der Waals surface area contributed by atoms with Crippen LogP contribution in [0.25, 0.3) is 0 Å². The van der Waals surface area contributed by atoms with Crippen molar-refractivity contribution < 1.29 is 4.79 Å². The zero-order chi connectivity index (χ0) is 22.6. The summed E-state index contributed by atoms with van der Waals surface area (Å²) >= 11 is 9.12. The maximum Gasteiger partial charge on any atom is 0.236 e. The molecular weight excluding hydrogens is 474 g/mol. The van der Waals surface area contributed by atoms with E-state index in [-0.39, 0.29) is 11.7 Å². The third kappa shape index (κ3) is 5.63. The third-order valence-corrected chi connectivity index (χ3v) is 7.57. The maximum absolute atomic E-state index is 12.6. The molecule has 0 atom stereocenters. The maximum atomic E-state index is 12.6. The van der Waals surface area contributed by atoms with Crippen molar-refractivity contribution in [2.24, 2.45) is 0 Å². The zero-order valence-corrected chi connectivity index (χ0v) is 20.2. The molecule has 33 heavy (non-hydrogen) atoms. The smallest absolute Gasteiger partial charge is 0.236 e. The number of anilines is 1. The van der Waals surface area contributed by atoms with Crippen molar-refractivity contribution in [2.75, 3.05) is 11.1 Å². The summed E-state index contributed by atoms with van der Waals surface area (Å²) < 4.78 is 2.15. The molecule has 2 aromatic carbocycles. The Morgan fingerprint density at radius 3 is 2.70 bits per heavy atom. The number of amides is 1. The van der Waals surface area contributed by atoms with E-state index in [0.29, 0.717) is 24.0 Å². The van der Waals surface area contributed by atoms with Crippen LogP contribution in [0, 0.1) is 0 Å². The molecule has 168 valence electrons. The van der Waals surface area contributed by atoms with Crippen LogP contribution in [0.3, 0.4) is 0 Å². The molecule has 0 radical (unpaired) electrons. The average molecular weight is 496 g/mol. The van der Waals surface area contributed by atoms with Crippen LogP contribution in [0.1, 0.15) is 40.6 Å². The number of aromatic nitrogens is 4. The quantitative estimate of drug-likeness (QED) is 0.304. The minimum absolute atomic E-state index is 0.110. The molecule has 5 rings (SSSR count). The summed E-state index contributed by atoms with van der Waals surface area (Å²) in [4.78, 5) is 18.0. The first-order valence-electron chi connectivity index (χ1n) is 10.7. The van der Waals surface area contributed by atoms with Crippen LogP contribution in [-0.4, -0.2) is 31.4 Å². The highest BCUT2D eigenvalue weighted by atomic mass is 35.5. The van der Waals surface area contributed by atoms with E-state index < -0.39 is 0 Å². The Labute approximate surface area is 205 Å². The van der Waals surface area contributed by atoms with E-state index in [9.17, 15) is 4.79 Å². The molecule has 4 aromatic rings. The largest absolute Gasteiger partial charge is 0.301 e. The molecule has 9 heteroatoms. The Kier molecular flexibility index (Phi) is 6.75. The molecule has 0 saturated heterocycles. The Morgan fingerprint density at radius 2 is 1.91 bits per heavy atom. The molecule has 1 N–H and O–H groups in total. The molecule has 1 aliphatic carbocycles. The number of benzene rings is 2. The summed E-state index contributed by atoms with van der Waals surface area (Å²) in [6, 6.07) is 18.0. The van der Waals surface area contributed by atoms with E-state index in [1.54, 1.807) is 6.20 Å². The lowest BCUT2D eigenvalue weighted by molar-refractivity contribution is -0.113. The number of nitrogens with zero attached hydrogens (tertiary/aromatic N) is 4. The monoisotopic (exact) mass is 495 g/mol. The molecule has 1 saturated carbocycles. The Morgan fingerprint density at radius 1 is 1.12 bits per heavy atom. The molecule has 1 fully saturated rings. The summed E-state index contributed by atoms with van der Waals surface area (Å²) in [5.41, 5.74) is 2.24. The first-order chi connectivity index (χ1) is 16.2. The van der Waals surface area contributed by atoms with Gasteiger partial charge >= 0.3 is 0 Å². The van der Waals surface area contributed by atoms with Crippen molar-refractivity contribution >= 4 is 45.7 Å². The number of hydrogen-bond acceptors (Lipinski definition) is 6. The second-order valence-corrected chi connectivity index (χ2v) is 10.4. The van der Waals surface area contributed by atoms with E-state index in [2.05, 4.69) is 37.2 Å². The summed E-state index contributed by atoms with van der Waals surface area (Å²) in [5.74, 6) is 1.64. The van der Waals surface area contributed by atoms with Gasteiger partial charge in [0.05, 0.1) is 12.3 Å². The number of thioether (sulfide) groups is 1. The van der Waals surface area contributed by atoms with Gasteiger partial charge in [-0.25, -0.2) is 4.98 Å². The van der Waals surface area contributed by atoms with E-state index in [1.807, 2.05) is 42.5 Å². The molecule has 6 nitrogen and oxygen atoms in total. The van der Waals surface area contributed by atoms with Crippen LogP contribution in [0.4, 0.5) is 5.13 Å². The Balaban J connectivity index is 1.20. The second-order valence-electron chi connectivity index (χ2n) is 7.92. The number of carbonyl (C=O) groups excluding carboxylic acids is 1. The first-order valence-corrected chi connectivity index (χ1v) is 12.9. The molecule has 2 aromatic heterocycles. The molecule has 1 aliphatic rings. The lowest BCUT2D eigenvalue weighted by Gasteiger charge is -2.10. The minimum atomic E-state index is -0.110. The van der Waals surface area contributed by atoms with Crippen molar-refractivity contribution in [3.8, 4) is 0 Å². The first kappa shape index (κ1) is 22.1. The van der Waals surface area contributed by atoms with Crippen molar-refractivity contribution in [3.05, 3.63) is 87.6 Å². The number of thiazole rings is 1. The number of rotatable bonds is 9. The number of hydrogen-bond donors (Lipinski definition) is 1. The van der Waals surface area contributed by atoms with Gasteiger partial charge in [-0.3, -0.25) is 4.79 Å². The van der Waals surface area contributed by atoms with Crippen LogP contribution < -0.4 is 5.32 Å². The molecule has 2 heterocycles. The van der Waals surface area contributed by atoms with Crippen LogP contribution in [0.2, 0.25) is 5.02 Å². The second kappa shape index (κ2) is 10.1. The van der Waals surface area contributed by atoms with Crippen molar-refractivity contribution in [1.29, 1.82) is 0 Å². The molecule has 0 aliphatic heterocycles. The van der Waals surface area contributed by atoms with Gasteiger partial charge in [0.15, 0.2) is 10.3 Å². The highest BCUT2D eigenvalue weighted by Crippen LogP contribution is 2.40. The number of halogens is 1. The highest BCUT2D eigenvalue weighted by molar-refractivity contribution is 7.99. The lowest BCUT2D eigenvalue weighted by Crippen LogP contribution is -2.14. The van der Waals surface area contributed by atoms with Crippen LogP contribution in [-0.2, 0) is 17.8 Å². The molecule has 0 unspecified atom stereocenters. The van der Waals surface area contributed by atoms with Gasteiger partial charge in [-0.05, 0) is 30.0 Å². The van der Waals surface area contributed by atoms with Gasteiger partial charge in [-0.2, -0.15) is 0 Å². The molecular formula is C24H22ClN5OS2. The Bertz CT molecular complexity index is 1250. The number of nitrogens with one attached hydrogen (secondary N) is 1. The van der Waals surface area contributed by atoms with E-state index >= 15 is 0 Å². The van der Waals surface area contributed by atoms with Gasteiger partial charge in [0, 0.05) is 28.4 Å². The van der Waals surface area contributed by atoms with Gasteiger partial charge in [0.25, 0.3) is 0 Å². The third-order valence-electron chi connectivity index (χ3n) is 5.33. The van der Waals surface area contributed by atoms with Gasteiger partial charge in [0.2, 0.25) is 5.91 Å². The molecule has 0 bridgehead atoms. The topological polar surface area (TPSA) is 72.7 Å². The van der Waals surface area contributed by atoms with Gasteiger partial charge in [0.1, 0.15) is 5.82 Å². The fraction of sp³-hybridized carbons (Fsp3) is 0.250. The zero-order valence-electron chi connectivity index (χ0n) is 17.8. The van der Waals surface area contributed by atoms with Gasteiger partial charge in [-0.1, -0.05) is 71.9 Å². The van der Waals surface area contributed by atoms with Crippen molar-refractivity contribution in [2.45, 2.75) is 36.9 Å². The summed E-state index contributed by atoms with van der Waals surface area (Å²) in [7, 11) is 0. The van der Waals surface area contributed by atoms with Gasteiger partial charge < -0.3 is 9.88 Å². The lowest BCUT2D eigenvalue weighted by atomic mass is 10.1. The Hall–Kier alpha value is -2.68. The minimum Gasteiger partial charge on any atom is -0.301 e. The average Bonchev–Trinajstić information content (AvgIpc) is 3.45. The van der Waals surface area contributed by atoms with Crippen LogP contribution in [0.15, 0.2) is 66.0 Å². The number of carbonyl (C=O) groups is 1. The summed E-state index contributed by atoms with van der Waals surface area (Å²) in [5, 5.41) is 13.8. The van der Waals surface area contributed by atoms with Crippen molar-refractivity contribution in [1.82, 2.24) is 19.7 Å². The summed E-state index contributed by atoms with van der Waals surface area (Å²) in [6.45, 7) is 0.710.